The number of aliphatic hydroxyl groups excluding tert-OH is 1. The first-order valence-corrected chi connectivity index (χ1v) is 7.00. The second-order valence-electron chi connectivity index (χ2n) is 4.79. The van der Waals surface area contributed by atoms with E-state index in [0.29, 0.717) is 35.9 Å². The molecule has 1 N–H and O–H groups in total. The number of ether oxygens (including phenoxy) is 2. The Bertz CT molecular complexity index is 501. The van der Waals surface area contributed by atoms with Crippen LogP contribution in [0, 0.1) is 0 Å². The van der Waals surface area contributed by atoms with Gasteiger partial charge in [0.15, 0.2) is 17.6 Å². The minimum Gasteiger partial charge on any atom is -0.490 e. The van der Waals surface area contributed by atoms with E-state index in [4.69, 9.17) is 9.47 Å². The first-order chi connectivity index (χ1) is 9.62. The maximum atomic E-state index is 12.1. The van der Waals surface area contributed by atoms with Crippen LogP contribution in [0.4, 0.5) is 5.69 Å². The third kappa shape index (κ3) is 2.58. The minimum atomic E-state index is -0.522. The molecule has 0 aliphatic carbocycles. The molecule has 2 rings (SSSR count). The zero-order chi connectivity index (χ0) is 14.7. The molecule has 0 spiro atoms. The molecule has 0 saturated carbocycles. The van der Waals surface area contributed by atoms with Gasteiger partial charge in [-0.05, 0) is 38.0 Å². The van der Waals surface area contributed by atoms with Gasteiger partial charge in [-0.15, -0.1) is 0 Å². The van der Waals surface area contributed by atoms with Crippen LogP contribution in [-0.4, -0.2) is 30.3 Å². The molecule has 20 heavy (non-hydrogen) atoms. The molecule has 0 bridgehead atoms. The molecule has 1 aromatic rings. The van der Waals surface area contributed by atoms with Gasteiger partial charge in [-0.1, -0.05) is 6.92 Å². The third-order valence-corrected chi connectivity index (χ3v) is 3.25. The summed E-state index contributed by atoms with van der Waals surface area (Å²) >= 11 is 0. The smallest absolute Gasteiger partial charge is 0.267 e. The highest BCUT2D eigenvalue weighted by Gasteiger charge is 2.33. The van der Waals surface area contributed by atoms with Crippen LogP contribution in [0.15, 0.2) is 12.1 Å². The van der Waals surface area contributed by atoms with Crippen molar-refractivity contribution in [3.05, 3.63) is 17.7 Å². The Hall–Kier alpha value is -1.75. The normalized spacial score (nSPS) is 17.7. The number of aliphatic hydroxyl groups is 1. The van der Waals surface area contributed by atoms with Gasteiger partial charge in [0.25, 0.3) is 5.91 Å². The Labute approximate surface area is 119 Å². The molecule has 0 fully saturated rings. The van der Waals surface area contributed by atoms with Crippen LogP contribution in [0.2, 0.25) is 0 Å². The number of hydrogen-bond donors (Lipinski definition) is 1. The van der Waals surface area contributed by atoms with E-state index in [-0.39, 0.29) is 12.5 Å². The van der Waals surface area contributed by atoms with Gasteiger partial charge in [-0.2, -0.15) is 0 Å². The van der Waals surface area contributed by atoms with E-state index in [9.17, 15) is 9.90 Å². The van der Waals surface area contributed by atoms with Crippen molar-refractivity contribution in [3.63, 3.8) is 0 Å². The van der Waals surface area contributed by atoms with Crippen LogP contribution in [0.3, 0.4) is 0 Å². The maximum Gasteiger partial charge on any atom is 0.267 e. The number of carbonyl (C=O) groups excluding carboxylic acids is 1. The molecule has 1 aliphatic heterocycles. The summed E-state index contributed by atoms with van der Waals surface area (Å²) in [5, 5.41) is 9.37. The number of hydrogen-bond acceptors (Lipinski definition) is 4. The number of amides is 1. The predicted molar refractivity (Wildman–Crippen MR) is 76.3 cm³/mol. The number of likely N-dealkylation sites (N-methyl/N-ethyl adjacent to an activating group) is 1. The van der Waals surface area contributed by atoms with Gasteiger partial charge in [-0.3, -0.25) is 4.79 Å². The van der Waals surface area contributed by atoms with Crippen molar-refractivity contribution >= 4 is 11.6 Å². The monoisotopic (exact) mass is 279 g/mol. The molecule has 1 unspecified atom stereocenters. The standard InChI is InChI=1S/C15H21NO4/c1-4-6-19-13-8-11(9-17)7-12-14(13)20-10(3)15(18)16(12)5-2/h7-8,10,17H,4-6,9H2,1-3H3. The van der Waals surface area contributed by atoms with E-state index in [1.54, 1.807) is 24.0 Å². The molecule has 1 amide bonds. The summed E-state index contributed by atoms with van der Waals surface area (Å²) in [4.78, 5) is 13.8. The van der Waals surface area contributed by atoms with E-state index in [0.717, 1.165) is 6.42 Å². The van der Waals surface area contributed by atoms with Crippen molar-refractivity contribution in [2.45, 2.75) is 39.9 Å². The maximum absolute atomic E-state index is 12.1. The summed E-state index contributed by atoms with van der Waals surface area (Å²) in [5.41, 5.74) is 1.38. The van der Waals surface area contributed by atoms with Gasteiger partial charge in [0.2, 0.25) is 0 Å². The Morgan fingerprint density at radius 1 is 1.40 bits per heavy atom. The van der Waals surface area contributed by atoms with Crippen molar-refractivity contribution in [1.82, 2.24) is 0 Å². The number of nitrogens with zero attached hydrogens (tertiary/aromatic N) is 1. The molecule has 5 heteroatoms. The first kappa shape index (κ1) is 14.7. The third-order valence-electron chi connectivity index (χ3n) is 3.25. The van der Waals surface area contributed by atoms with Crippen molar-refractivity contribution in [2.24, 2.45) is 0 Å². The van der Waals surface area contributed by atoms with E-state index in [2.05, 4.69) is 0 Å². The summed E-state index contributed by atoms with van der Waals surface area (Å²) in [6.45, 7) is 6.70. The number of anilines is 1. The molecule has 1 aliphatic rings. The second-order valence-corrected chi connectivity index (χ2v) is 4.79. The Morgan fingerprint density at radius 2 is 2.15 bits per heavy atom. The van der Waals surface area contributed by atoms with Gasteiger partial charge in [0.05, 0.1) is 18.9 Å². The fourth-order valence-corrected chi connectivity index (χ4v) is 2.26. The van der Waals surface area contributed by atoms with E-state index >= 15 is 0 Å². The van der Waals surface area contributed by atoms with Gasteiger partial charge >= 0.3 is 0 Å². The van der Waals surface area contributed by atoms with Gasteiger partial charge < -0.3 is 19.5 Å². The SMILES string of the molecule is CCCOc1cc(CO)cc2c1OC(C)C(=O)N2CC. The molecule has 0 saturated heterocycles. The van der Waals surface area contributed by atoms with Crippen LogP contribution in [0.5, 0.6) is 11.5 Å². The summed E-state index contributed by atoms with van der Waals surface area (Å²) in [5.74, 6) is 1.10. The van der Waals surface area contributed by atoms with Gasteiger partial charge in [0, 0.05) is 6.54 Å². The van der Waals surface area contributed by atoms with Gasteiger partial charge in [-0.25, -0.2) is 0 Å². The molecule has 5 nitrogen and oxygen atoms in total. The van der Waals surface area contributed by atoms with E-state index in [1.807, 2.05) is 13.8 Å². The summed E-state index contributed by atoms with van der Waals surface area (Å²) in [6.07, 6.45) is 0.357. The molecule has 1 atom stereocenters. The van der Waals surface area contributed by atoms with Crippen molar-refractivity contribution in [1.29, 1.82) is 0 Å². The number of rotatable bonds is 5. The predicted octanol–water partition coefficient (Wildman–Crippen LogP) is 2.10. The van der Waals surface area contributed by atoms with Crippen LogP contribution >= 0.6 is 0 Å². The average Bonchev–Trinajstić information content (AvgIpc) is 2.46. The average molecular weight is 279 g/mol. The van der Waals surface area contributed by atoms with E-state index < -0.39 is 6.10 Å². The van der Waals surface area contributed by atoms with Crippen LogP contribution in [-0.2, 0) is 11.4 Å². The Balaban J connectivity index is 2.50. The lowest BCUT2D eigenvalue weighted by molar-refractivity contribution is -0.125. The molecule has 0 aromatic heterocycles. The molecular weight excluding hydrogens is 258 g/mol. The highest BCUT2D eigenvalue weighted by molar-refractivity contribution is 6.00. The summed E-state index contributed by atoms with van der Waals surface area (Å²) < 4.78 is 11.4. The number of fused-ring (bicyclic) bond motifs is 1. The molecule has 0 radical (unpaired) electrons. The van der Waals surface area contributed by atoms with Crippen LogP contribution in [0.1, 0.15) is 32.8 Å². The lowest BCUT2D eigenvalue weighted by Crippen LogP contribution is -2.44. The molecule has 1 heterocycles. The summed E-state index contributed by atoms with van der Waals surface area (Å²) in [7, 11) is 0. The van der Waals surface area contributed by atoms with E-state index in [1.165, 1.54) is 0 Å². The largest absolute Gasteiger partial charge is 0.490 e. The topological polar surface area (TPSA) is 59.0 Å². The minimum absolute atomic E-state index is 0.0727. The molecular formula is C15H21NO4. The van der Waals surface area contributed by atoms with Crippen molar-refractivity contribution < 1.29 is 19.4 Å². The second kappa shape index (κ2) is 6.13. The molecule has 110 valence electrons. The van der Waals surface area contributed by atoms with Crippen molar-refractivity contribution in [2.75, 3.05) is 18.1 Å². The lowest BCUT2D eigenvalue weighted by Gasteiger charge is -2.33. The van der Waals surface area contributed by atoms with Crippen LogP contribution < -0.4 is 14.4 Å². The van der Waals surface area contributed by atoms with Crippen molar-refractivity contribution in [3.8, 4) is 11.5 Å². The number of benzene rings is 1. The zero-order valence-corrected chi connectivity index (χ0v) is 12.2. The number of carbonyl (C=O) groups is 1. The highest BCUT2D eigenvalue weighted by Crippen LogP contribution is 2.43. The fraction of sp³-hybridized carbons (Fsp3) is 0.533. The first-order valence-electron chi connectivity index (χ1n) is 7.00. The Kier molecular flexibility index (Phi) is 4.49. The summed E-state index contributed by atoms with van der Waals surface area (Å²) in [6, 6.07) is 3.55. The fourth-order valence-electron chi connectivity index (χ4n) is 2.26. The van der Waals surface area contributed by atoms with Gasteiger partial charge in [0.1, 0.15) is 0 Å². The highest BCUT2D eigenvalue weighted by atomic mass is 16.5. The molecule has 1 aromatic carbocycles. The van der Waals surface area contributed by atoms with Crippen LogP contribution in [0.25, 0.3) is 0 Å². The lowest BCUT2D eigenvalue weighted by atomic mass is 10.1. The quantitative estimate of drug-likeness (QED) is 0.896. The Morgan fingerprint density at radius 3 is 2.75 bits per heavy atom. The zero-order valence-electron chi connectivity index (χ0n) is 12.2.